The summed E-state index contributed by atoms with van der Waals surface area (Å²) in [5.41, 5.74) is -0.712. The van der Waals surface area contributed by atoms with Crippen LogP contribution in [0, 0.1) is 35.0 Å². The molecule has 246 valence electrons. The van der Waals surface area contributed by atoms with E-state index in [1.165, 1.54) is 56.2 Å². The number of thiocarbonyl (C=S) groups is 1. The van der Waals surface area contributed by atoms with Crippen LogP contribution in [0.5, 0.6) is 5.75 Å². The van der Waals surface area contributed by atoms with Gasteiger partial charge in [0.05, 0.1) is 5.16 Å². The molecule has 4 aromatic carbocycles. The Morgan fingerprint density at radius 3 is 1.91 bits per heavy atom. The fourth-order valence-electron chi connectivity index (χ4n) is 6.30. The minimum absolute atomic E-state index is 0.214. The first kappa shape index (κ1) is 34.3. The molecule has 0 aliphatic heterocycles. The first-order chi connectivity index (χ1) is 22.5. The van der Waals surface area contributed by atoms with Crippen molar-refractivity contribution >= 4 is 23.1 Å². The van der Waals surface area contributed by atoms with Crippen molar-refractivity contribution in [3.63, 3.8) is 0 Å². The molecule has 0 aromatic heterocycles. The fourth-order valence-corrected chi connectivity index (χ4v) is 6.39. The van der Waals surface area contributed by atoms with Gasteiger partial charge in [0.25, 0.3) is 0 Å². The van der Waals surface area contributed by atoms with Gasteiger partial charge in [-0.15, -0.1) is 0 Å². The number of isothiocyanates is 1. The average Bonchev–Trinajstić information content (AvgIpc) is 3.02. The third kappa shape index (κ3) is 7.94. The molecule has 1 fully saturated rings. The molecular formula is C37H32F7NOS. The van der Waals surface area contributed by atoms with Crippen molar-refractivity contribution in [1.29, 1.82) is 0 Å². The highest BCUT2D eigenvalue weighted by Crippen LogP contribution is 2.40. The second kappa shape index (κ2) is 14.8. The fraction of sp³-hybridized carbons (Fsp3) is 0.324. The molecule has 2 nitrogen and oxygen atoms in total. The number of alkyl halides is 2. The molecule has 4 aromatic rings. The van der Waals surface area contributed by atoms with Crippen LogP contribution in [0.15, 0.2) is 71.7 Å². The predicted octanol–water partition coefficient (Wildman–Crippen LogP) is 12.4. The number of ether oxygens (including phenoxy) is 1. The van der Waals surface area contributed by atoms with E-state index < -0.39 is 52.2 Å². The van der Waals surface area contributed by atoms with Gasteiger partial charge in [-0.3, -0.25) is 0 Å². The Morgan fingerprint density at radius 1 is 0.745 bits per heavy atom. The minimum Gasteiger partial charge on any atom is -0.429 e. The summed E-state index contributed by atoms with van der Waals surface area (Å²) in [7, 11) is 0. The second-order valence-corrected chi connectivity index (χ2v) is 12.1. The molecule has 1 aliphatic rings. The number of hydrogen-bond acceptors (Lipinski definition) is 3. The molecule has 5 rings (SSSR count). The second-order valence-electron chi connectivity index (χ2n) is 11.9. The molecule has 0 bridgehead atoms. The average molecular weight is 672 g/mol. The van der Waals surface area contributed by atoms with Crippen LogP contribution in [0.25, 0.3) is 22.3 Å². The molecule has 0 unspecified atom stereocenters. The Hall–Kier alpha value is -4.01. The SMILES string of the molecule is CCCCCC1CCC(c2ccc(-c3ccc(-c4cc(F)c(C(F)(F)Oc5cc(F)c(N=C=S)c(F)c5)c(F)c4)c(F)c3)cc2)CC1. The van der Waals surface area contributed by atoms with Gasteiger partial charge in [-0.2, -0.15) is 13.8 Å². The van der Waals surface area contributed by atoms with Gasteiger partial charge in [0.2, 0.25) is 0 Å². The third-order valence-electron chi connectivity index (χ3n) is 8.79. The van der Waals surface area contributed by atoms with Crippen LogP contribution in [0.1, 0.15) is 75.3 Å². The highest BCUT2D eigenvalue weighted by atomic mass is 32.1. The van der Waals surface area contributed by atoms with Crippen LogP contribution < -0.4 is 4.74 Å². The van der Waals surface area contributed by atoms with Crippen LogP contribution in [0.4, 0.5) is 36.4 Å². The maximum Gasteiger partial charge on any atom is 0.432 e. The molecule has 10 heteroatoms. The molecule has 0 heterocycles. The van der Waals surface area contributed by atoms with E-state index in [-0.39, 0.29) is 11.1 Å². The molecule has 0 spiro atoms. The number of benzene rings is 4. The van der Waals surface area contributed by atoms with Gasteiger partial charge in [0.15, 0.2) is 11.6 Å². The lowest BCUT2D eigenvalue weighted by molar-refractivity contribution is -0.189. The lowest BCUT2D eigenvalue weighted by atomic mass is 9.77. The van der Waals surface area contributed by atoms with Crippen molar-refractivity contribution in [3.8, 4) is 28.0 Å². The van der Waals surface area contributed by atoms with Gasteiger partial charge in [0, 0.05) is 17.7 Å². The van der Waals surface area contributed by atoms with Crippen LogP contribution in [0.3, 0.4) is 0 Å². The maximum atomic E-state index is 15.3. The predicted molar refractivity (Wildman–Crippen MR) is 172 cm³/mol. The zero-order valence-corrected chi connectivity index (χ0v) is 26.4. The molecule has 0 atom stereocenters. The summed E-state index contributed by atoms with van der Waals surface area (Å²) in [6, 6.07) is 13.9. The van der Waals surface area contributed by atoms with Crippen LogP contribution in [-0.4, -0.2) is 5.16 Å². The Balaban J connectivity index is 1.30. The highest BCUT2D eigenvalue weighted by molar-refractivity contribution is 7.78. The van der Waals surface area contributed by atoms with Crippen LogP contribution in [-0.2, 0) is 6.11 Å². The Morgan fingerprint density at radius 2 is 1.34 bits per heavy atom. The van der Waals surface area contributed by atoms with E-state index in [0.29, 0.717) is 35.7 Å². The summed E-state index contributed by atoms with van der Waals surface area (Å²) >= 11 is 4.28. The number of hydrogen-bond donors (Lipinski definition) is 0. The number of unbranched alkanes of at least 4 members (excludes halogenated alkanes) is 2. The Kier molecular flexibility index (Phi) is 10.8. The molecule has 1 aliphatic carbocycles. The van der Waals surface area contributed by atoms with E-state index in [2.05, 4.69) is 41.0 Å². The van der Waals surface area contributed by atoms with Crippen LogP contribution >= 0.6 is 12.2 Å². The van der Waals surface area contributed by atoms with Gasteiger partial charge in [0.1, 0.15) is 34.5 Å². The number of rotatable bonds is 11. The number of halogens is 7. The molecule has 0 saturated heterocycles. The van der Waals surface area contributed by atoms with Crippen molar-refractivity contribution in [2.24, 2.45) is 10.9 Å². The minimum atomic E-state index is -4.69. The first-order valence-electron chi connectivity index (χ1n) is 15.5. The first-order valence-corrected chi connectivity index (χ1v) is 15.9. The smallest absolute Gasteiger partial charge is 0.429 e. The van der Waals surface area contributed by atoms with E-state index in [4.69, 9.17) is 0 Å². The van der Waals surface area contributed by atoms with Crippen molar-refractivity contribution in [1.82, 2.24) is 0 Å². The number of nitrogens with zero attached hydrogens (tertiary/aromatic N) is 1. The van der Waals surface area contributed by atoms with Crippen LogP contribution in [0.2, 0.25) is 0 Å². The molecule has 1 saturated carbocycles. The monoisotopic (exact) mass is 671 g/mol. The van der Waals surface area contributed by atoms with Crippen molar-refractivity contribution in [2.75, 3.05) is 0 Å². The molecular weight excluding hydrogens is 639 g/mol. The van der Waals surface area contributed by atoms with E-state index >= 15 is 4.39 Å². The summed E-state index contributed by atoms with van der Waals surface area (Å²) in [6.45, 7) is 2.22. The summed E-state index contributed by atoms with van der Waals surface area (Å²) in [6.07, 6.45) is 5.19. The zero-order chi connectivity index (χ0) is 33.7. The largest absolute Gasteiger partial charge is 0.432 e. The Labute approximate surface area is 274 Å². The van der Waals surface area contributed by atoms with Gasteiger partial charge in [-0.1, -0.05) is 69.0 Å². The third-order valence-corrected chi connectivity index (χ3v) is 8.88. The highest BCUT2D eigenvalue weighted by Gasteiger charge is 2.41. The number of aliphatic imine (C=N–C) groups is 1. The molecule has 0 N–H and O–H groups in total. The summed E-state index contributed by atoms with van der Waals surface area (Å²) in [5, 5.41) is 1.74. The van der Waals surface area contributed by atoms with Crippen molar-refractivity contribution < 1.29 is 35.5 Å². The standard InChI is InChI=1S/C37H32F7NOS/c1-2-3-4-5-22-6-8-23(9-7-22)24-10-12-25(13-11-24)26-14-15-29(30(38)16-26)27-17-31(39)35(32(40)18-27)37(43,44)46-28-19-33(41)36(45-21-47)34(42)20-28/h10-20,22-23H,2-9H2,1H3. The lowest BCUT2D eigenvalue weighted by Gasteiger charge is -2.29. The van der Waals surface area contributed by atoms with Crippen molar-refractivity contribution in [3.05, 3.63) is 107 Å². The van der Waals surface area contributed by atoms with E-state index in [0.717, 1.165) is 24.3 Å². The molecule has 0 amide bonds. The zero-order valence-electron chi connectivity index (χ0n) is 25.6. The lowest BCUT2D eigenvalue weighted by Crippen LogP contribution is -2.25. The van der Waals surface area contributed by atoms with Gasteiger partial charge >= 0.3 is 6.11 Å². The van der Waals surface area contributed by atoms with E-state index in [1.54, 1.807) is 11.2 Å². The molecule has 0 radical (unpaired) electrons. The van der Waals surface area contributed by atoms with Gasteiger partial charge in [-0.25, -0.2) is 22.0 Å². The summed E-state index contributed by atoms with van der Waals surface area (Å²) in [5.74, 6) is -6.88. The summed E-state index contributed by atoms with van der Waals surface area (Å²) in [4.78, 5) is 3.15. The maximum absolute atomic E-state index is 15.3. The van der Waals surface area contributed by atoms with Gasteiger partial charge < -0.3 is 4.74 Å². The Bertz CT molecular complexity index is 1730. The van der Waals surface area contributed by atoms with E-state index in [1.807, 2.05) is 12.1 Å². The topological polar surface area (TPSA) is 21.6 Å². The quantitative estimate of drug-likeness (QED) is 0.0685. The summed E-state index contributed by atoms with van der Waals surface area (Å²) < 4.78 is 107. The normalized spacial score (nSPS) is 16.5. The van der Waals surface area contributed by atoms with Crippen molar-refractivity contribution in [2.45, 2.75) is 70.3 Å². The van der Waals surface area contributed by atoms with Gasteiger partial charge in [-0.05, 0) is 90.2 Å². The van der Waals surface area contributed by atoms with E-state index in [9.17, 15) is 26.3 Å². The molecule has 47 heavy (non-hydrogen) atoms.